The van der Waals surface area contributed by atoms with Crippen LogP contribution in [-0.4, -0.2) is 49.8 Å². The number of aryl methyl sites for hydroxylation is 1. The third kappa shape index (κ3) is 7.46. The lowest BCUT2D eigenvalue weighted by Crippen LogP contribution is -2.59. The van der Waals surface area contributed by atoms with Crippen molar-refractivity contribution >= 4 is 45.0 Å². The number of sulfone groups is 1. The maximum absolute atomic E-state index is 13.0. The average molecular weight is 524 g/mol. The Hall–Kier alpha value is -2.07. The summed E-state index contributed by atoms with van der Waals surface area (Å²) in [4.78, 5) is 24.8. The van der Waals surface area contributed by atoms with Gasteiger partial charge in [-0.3, -0.25) is 14.9 Å². The number of carbonyl (C=O) groups excluding carboxylic acids is 2. The molecule has 10 heteroatoms. The van der Waals surface area contributed by atoms with E-state index in [1.165, 1.54) is 11.8 Å². The number of nitrogens with one attached hydrogen (secondary N) is 3. The molecular weight excluding hydrogens is 494 g/mol. The Morgan fingerprint density at radius 2 is 1.74 bits per heavy atom. The minimum Gasteiger partial charge on any atom is -0.355 e. The van der Waals surface area contributed by atoms with Crippen LogP contribution in [0.4, 0.5) is 0 Å². The Morgan fingerprint density at radius 3 is 2.38 bits per heavy atom. The van der Waals surface area contributed by atoms with E-state index >= 15 is 0 Å². The Morgan fingerprint density at radius 1 is 1.09 bits per heavy atom. The van der Waals surface area contributed by atoms with E-state index in [-0.39, 0.29) is 23.1 Å². The maximum Gasteiger partial charge on any atom is 0.241 e. The van der Waals surface area contributed by atoms with Gasteiger partial charge >= 0.3 is 0 Å². The van der Waals surface area contributed by atoms with Crippen molar-refractivity contribution in [1.82, 2.24) is 16.0 Å². The van der Waals surface area contributed by atoms with Crippen LogP contribution in [0.5, 0.6) is 0 Å². The molecule has 0 bridgehead atoms. The monoisotopic (exact) mass is 523 g/mol. The number of carbonyl (C=O) groups is 2. The molecule has 1 aliphatic rings. The van der Waals surface area contributed by atoms with E-state index in [9.17, 15) is 18.0 Å². The molecule has 2 atom stereocenters. The minimum absolute atomic E-state index is 0.0123. The van der Waals surface area contributed by atoms with Crippen molar-refractivity contribution in [3.8, 4) is 0 Å². The van der Waals surface area contributed by atoms with E-state index in [1.807, 2.05) is 24.3 Å². The summed E-state index contributed by atoms with van der Waals surface area (Å²) in [6.07, 6.45) is 3.69. The number of halogens is 1. The van der Waals surface area contributed by atoms with Gasteiger partial charge in [0.2, 0.25) is 11.8 Å². The fourth-order valence-electron chi connectivity index (χ4n) is 3.53. The van der Waals surface area contributed by atoms with Crippen molar-refractivity contribution in [3.05, 3.63) is 64.7 Å². The minimum atomic E-state index is -3.82. The van der Waals surface area contributed by atoms with Gasteiger partial charge in [-0.15, -0.1) is 11.8 Å². The highest BCUT2D eigenvalue weighted by Crippen LogP contribution is 2.21. The molecule has 3 rings (SSSR count). The van der Waals surface area contributed by atoms with Crippen LogP contribution in [0, 0.1) is 0 Å². The van der Waals surface area contributed by atoms with Crippen molar-refractivity contribution in [2.75, 3.05) is 18.8 Å². The summed E-state index contributed by atoms with van der Waals surface area (Å²) in [5, 5.41) is 7.98. The number of hydrogen-bond donors (Lipinski definition) is 3. The van der Waals surface area contributed by atoms with Crippen LogP contribution in [0.25, 0.3) is 0 Å². The molecule has 2 aromatic carbocycles. The molecule has 0 radical (unpaired) electrons. The van der Waals surface area contributed by atoms with Crippen LogP contribution in [0.15, 0.2) is 53.4 Å². The van der Waals surface area contributed by atoms with Crippen LogP contribution < -0.4 is 16.0 Å². The first-order valence-corrected chi connectivity index (χ1v) is 14.3. The number of hydrogen-bond acceptors (Lipinski definition) is 6. The molecule has 34 heavy (non-hydrogen) atoms. The average Bonchev–Trinajstić information content (AvgIpc) is 2.83. The second-order valence-corrected chi connectivity index (χ2v) is 11.8. The molecule has 1 saturated heterocycles. The van der Waals surface area contributed by atoms with E-state index in [2.05, 4.69) is 22.9 Å². The van der Waals surface area contributed by atoms with Crippen LogP contribution in [0.2, 0.25) is 5.02 Å². The molecule has 2 aromatic rings. The van der Waals surface area contributed by atoms with Gasteiger partial charge in [0.15, 0.2) is 15.1 Å². The highest BCUT2D eigenvalue weighted by molar-refractivity contribution is 8.00. The molecule has 1 aliphatic heterocycles. The first-order valence-electron chi connectivity index (χ1n) is 11.3. The Kier molecular flexibility index (Phi) is 9.82. The van der Waals surface area contributed by atoms with Crippen LogP contribution >= 0.6 is 23.4 Å². The fourth-order valence-corrected chi connectivity index (χ4v) is 6.00. The van der Waals surface area contributed by atoms with Crippen LogP contribution in [-0.2, 0) is 32.3 Å². The van der Waals surface area contributed by atoms with Gasteiger partial charge in [-0.25, -0.2) is 8.42 Å². The van der Waals surface area contributed by atoms with E-state index in [0.717, 1.165) is 30.4 Å². The standard InChI is InChI=1S/C24H30ClN3O4S2/c1-2-3-4-17-7-11-20(12-8-17)34(31,32)21-15-27-24(28-23(21)30)33-16-22(29)26-14-13-18-5-9-19(25)10-6-18/h5-12,21,24,27H,2-4,13-16H2,1H3,(H,26,29)(H,28,30). The smallest absolute Gasteiger partial charge is 0.241 e. The van der Waals surface area contributed by atoms with Gasteiger partial charge < -0.3 is 10.6 Å². The molecule has 3 N–H and O–H groups in total. The maximum atomic E-state index is 13.0. The third-order valence-corrected chi connectivity index (χ3v) is 8.89. The summed E-state index contributed by atoms with van der Waals surface area (Å²) >= 11 is 7.07. The van der Waals surface area contributed by atoms with Crippen molar-refractivity contribution in [2.45, 2.75) is 48.3 Å². The predicted octanol–water partition coefficient (Wildman–Crippen LogP) is 2.92. The zero-order valence-electron chi connectivity index (χ0n) is 19.1. The largest absolute Gasteiger partial charge is 0.355 e. The Balaban J connectivity index is 1.43. The molecule has 1 fully saturated rings. The van der Waals surface area contributed by atoms with Gasteiger partial charge in [0.05, 0.1) is 10.6 Å². The Labute approximate surface area is 210 Å². The topological polar surface area (TPSA) is 104 Å². The zero-order valence-corrected chi connectivity index (χ0v) is 21.4. The summed E-state index contributed by atoms with van der Waals surface area (Å²) < 4.78 is 25.9. The molecule has 2 amide bonds. The summed E-state index contributed by atoms with van der Waals surface area (Å²) in [5.41, 5.74) is 1.62. The van der Waals surface area contributed by atoms with Gasteiger partial charge in [0.25, 0.3) is 0 Å². The first kappa shape index (κ1) is 26.5. The normalized spacial score (nSPS) is 18.4. The van der Waals surface area contributed by atoms with Crippen molar-refractivity contribution < 1.29 is 18.0 Å². The van der Waals surface area contributed by atoms with E-state index in [1.54, 1.807) is 24.3 Å². The van der Waals surface area contributed by atoms with Gasteiger partial charge in [-0.2, -0.15) is 0 Å². The number of amides is 2. The zero-order chi connectivity index (χ0) is 24.6. The molecule has 7 nitrogen and oxygen atoms in total. The number of unbranched alkanes of at least 4 members (excludes halogenated alkanes) is 1. The second-order valence-electron chi connectivity index (χ2n) is 8.12. The lowest BCUT2D eigenvalue weighted by molar-refractivity contribution is -0.122. The number of rotatable bonds is 11. The molecule has 0 aliphatic carbocycles. The molecular formula is C24H30ClN3O4S2. The quantitative estimate of drug-likeness (QED) is 0.418. The highest BCUT2D eigenvalue weighted by Gasteiger charge is 2.38. The number of benzene rings is 2. The first-order chi connectivity index (χ1) is 16.3. The van der Waals surface area contributed by atoms with Gasteiger partial charge in [0, 0.05) is 18.1 Å². The summed E-state index contributed by atoms with van der Waals surface area (Å²) in [6.45, 7) is 2.58. The van der Waals surface area contributed by atoms with E-state index in [4.69, 9.17) is 11.6 Å². The molecule has 0 spiro atoms. The number of thioether (sulfide) groups is 1. The predicted molar refractivity (Wildman–Crippen MR) is 137 cm³/mol. The highest BCUT2D eigenvalue weighted by atomic mass is 35.5. The van der Waals surface area contributed by atoms with E-state index in [0.29, 0.717) is 18.0 Å². The molecule has 1 heterocycles. The SMILES string of the molecule is CCCCc1ccc(S(=O)(=O)C2CNC(SCC(=O)NCCc3ccc(Cl)cc3)NC2=O)cc1. The summed E-state index contributed by atoms with van der Waals surface area (Å²) in [7, 11) is -3.82. The summed E-state index contributed by atoms with van der Waals surface area (Å²) in [5.74, 6) is -0.586. The molecule has 0 saturated carbocycles. The molecule has 2 unspecified atom stereocenters. The molecule has 0 aromatic heterocycles. The molecule has 184 valence electrons. The second kappa shape index (κ2) is 12.6. The van der Waals surface area contributed by atoms with Crippen molar-refractivity contribution in [2.24, 2.45) is 0 Å². The van der Waals surface area contributed by atoms with Gasteiger partial charge in [0.1, 0.15) is 5.50 Å². The van der Waals surface area contributed by atoms with Crippen molar-refractivity contribution in [3.63, 3.8) is 0 Å². The Bertz CT molecular complexity index is 1080. The summed E-state index contributed by atoms with van der Waals surface area (Å²) in [6, 6.07) is 14.2. The van der Waals surface area contributed by atoms with Crippen LogP contribution in [0.1, 0.15) is 30.9 Å². The fraction of sp³-hybridized carbons (Fsp3) is 0.417. The third-order valence-electron chi connectivity index (χ3n) is 5.53. The van der Waals surface area contributed by atoms with E-state index < -0.39 is 26.5 Å². The lowest BCUT2D eigenvalue weighted by Gasteiger charge is -2.29. The van der Waals surface area contributed by atoms with Crippen molar-refractivity contribution in [1.29, 1.82) is 0 Å². The van der Waals surface area contributed by atoms with Crippen LogP contribution in [0.3, 0.4) is 0 Å². The lowest BCUT2D eigenvalue weighted by atomic mass is 10.1. The van der Waals surface area contributed by atoms with Gasteiger partial charge in [-0.05, 0) is 54.7 Å². The van der Waals surface area contributed by atoms with Gasteiger partial charge in [-0.1, -0.05) is 49.2 Å².